The predicted molar refractivity (Wildman–Crippen MR) is 126 cm³/mol. The SMILES string of the molecule is CN1C(=O)N(CC(=O)CSCc2ccccc2)C(=O)C1(C)C.SCc1ccccc1. The van der Waals surface area contributed by atoms with Gasteiger partial charge in [0.15, 0.2) is 5.78 Å². The number of likely N-dealkylation sites (N-methyl/N-ethyl adjacent to an activating group) is 1. The van der Waals surface area contributed by atoms with Crippen LogP contribution in [0, 0.1) is 0 Å². The van der Waals surface area contributed by atoms with Crippen molar-refractivity contribution in [2.24, 2.45) is 0 Å². The molecule has 3 amide bonds. The number of carbonyl (C=O) groups is 3. The van der Waals surface area contributed by atoms with Crippen LogP contribution in [0.25, 0.3) is 0 Å². The quantitative estimate of drug-likeness (QED) is 0.512. The van der Waals surface area contributed by atoms with Crippen molar-refractivity contribution in [2.45, 2.75) is 30.9 Å². The van der Waals surface area contributed by atoms with Crippen molar-refractivity contribution in [1.29, 1.82) is 0 Å². The minimum atomic E-state index is -0.880. The van der Waals surface area contributed by atoms with E-state index in [4.69, 9.17) is 0 Å². The summed E-state index contributed by atoms with van der Waals surface area (Å²) in [5.41, 5.74) is 1.54. The normalized spacial score (nSPS) is 15.1. The zero-order valence-corrected chi connectivity index (χ0v) is 19.3. The second-order valence-corrected chi connectivity index (χ2v) is 8.75. The van der Waals surface area contributed by atoms with Crippen molar-refractivity contribution in [3.05, 3.63) is 71.8 Å². The summed E-state index contributed by atoms with van der Waals surface area (Å²) in [7, 11) is 1.58. The number of rotatable bonds is 7. The summed E-state index contributed by atoms with van der Waals surface area (Å²) in [5.74, 6) is 1.42. The first kappa shape index (κ1) is 24.0. The average molecular weight is 445 g/mol. The highest BCUT2D eigenvalue weighted by molar-refractivity contribution is 7.99. The Balaban J connectivity index is 0.000000335. The molecule has 2 aromatic carbocycles. The molecule has 0 saturated carbocycles. The number of nitrogens with zero attached hydrogens (tertiary/aromatic N) is 2. The molecule has 0 aromatic heterocycles. The standard InChI is InChI=1S/C16H20N2O3S.C7H8S/c1-16(2)14(20)18(15(21)17(16)3)9-13(19)11-22-10-12-7-5-4-6-8-12;8-6-7-4-2-1-3-5-7/h4-8H,9-11H2,1-3H3;1-5,8H,6H2. The van der Waals surface area contributed by atoms with Crippen LogP contribution in [-0.2, 0) is 21.1 Å². The molecule has 0 unspecified atom stereocenters. The Kier molecular flexibility index (Phi) is 8.99. The average Bonchev–Trinajstić information content (AvgIpc) is 2.90. The van der Waals surface area contributed by atoms with Crippen molar-refractivity contribution in [2.75, 3.05) is 19.3 Å². The van der Waals surface area contributed by atoms with E-state index in [1.54, 1.807) is 20.9 Å². The van der Waals surface area contributed by atoms with Crippen molar-refractivity contribution in [3.8, 4) is 0 Å². The largest absolute Gasteiger partial charge is 0.327 e. The van der Waals surface area contributed by atoms with Crippen molar-refractivity contribution < 1.29 is 14.4 Å². The highest BCUT2D eigenvalue weighted by atomic mass is 32.2. The Morgan fingerprint density at radius 1 is 0.967 bits per heavy atom. The van der Waals surface area contributed by atoms with E-state index >= 15 is 0 Å². The molecule has 0 radical (unpaired) electrons. The number of Topliss-reactive ketones (excluding diaryl/α,β-unsaturated/α-hetero) is 1. The van der Waals surface area contributed by atoms with Crippen molar-refractivity contribution in [3.63, 3.8) is 0 Å². The summed E-state index contributed by atoms with van der Waals surface area (Å²) >= 11 is 5.60. The highest BCUT2D eigenvalue weighted by Gasteiger charge is 2.49. The number of imide groups is 1. The molecular formula is C23H28N2O3S2. The van der Waals surface area contributed by atoms with Crippen LogP contribution in [0.5, 0.6) is 0 Å². The molecule has 3 rings (SSSR count). The minimum Gasteiger partial charge on any atom is -0.313 e. The number of urea groups is 1. The molecule has 1 fully saturated rings. The van der Waals surface area contributed by atoms with Gasteiger partial charge in [-0.2, -0.15) is 12.6 Å². The van der Waals surface area contributed by atoms with Crippen molar-refractivity contribution in [1.82, 2.24) is 9.80 Å². The monoisotopic (exact) mass is 444 g/mol. The van der Waals surface area contributed by atoms with Crippen LogP contribution in [0.4, 0.5) is 4.79 Å². The molecule has 0 atom stereocenters. The smallest absolute Gasteiger partial charge is 0.313 e. The van der Waals surface area contributed by atoms with Gasteiger partial charge in [0.2, 0.25) is 0 Å². The molecular weight excluding hydrogens is 416 g/mol. The van der Waals surface area contributed by atoms with E-state index in [9.17, 15) is 14.4 Å². The zero-order valence-electron chi connectivity index (χ0n) is 17.6. The zero-order chi connectivity index (χ0) is 22.1. The topological polar surface area (TPSA) is 57.7 Å². The Labute approximate surface area is 188 Å². The van der Waals surface area contributed by atoms with Crippen LogP contribution in [0.3, 0.4) is 0 Å². The van der Waals surface area contributed by atoms with Gasteiger partial charge in [-0.25, -0.2) is 4.79 Å². The second kappa shape index (κ2) is 11.2. The summed E-state index contributed by atoms with van der Waals surface area (Å²) in [4.78, 5) is 38.7. The van der Waals surface area contributed by atoms with Gasteiger partial charge in [-0.3, -0.25) is 14.5 Å². The highest BCUT2D eigenvalue weighted by Crippen LogP contribution is 2.25. The van der Waals surface area contributed by atoms with Crippen LogP contribution >= 0.6 is 24.4 Å². The Bertz CT molecular complexity index is 857. The van der Waals surface area contributed by atoms with E-state index in [0.29, 0.717) is 0 Å². The molecule has 2 aromatic rings. The lowest BCUT2D eigenvalue weighted by atomic mass is 10.1. The summed E-state index contributed by atoms with van der Waals surface area (Å²) in [6, 6.07) is 19.6. The number of carbonyl (C=O) groups excluding carboxylic acids is 3. The van der Waals surface area contributed by atoms with Crippen LogP contribution in [0.1, 0.15) is 25.0 Å². The third kappa shape index (κ3) is 6.37. The first-order chi connectivity index (χ1) is 14.3. The second-order valence-electron chi connectivity index (χ2n) is 7.45. The number of thiol groups is 1. The molecule has 30 heavy (non-hydrogen) atoms. The van der Waals surface area contributed by atoms with E-state index in [1.807, 2.05) is 48.5 Å². The van der Waals surface area contributed by atoms with Gasteiger partial charge in [0.05, 0.1) is 12.3 Å². The molecule has 0 aliphatic carbocycles. The maximum absolute atomic E-state index is 12.2. The molecule has 1 aliphatic heterocycles. The summed E-state index contributed by atoms with van der Waals surface area (Å²) in [5, 5.41) is 0. The lowest BCUT2D eigenvalue weighted by Gasteiger charge is -2.22. The maximum Gasteiger partial charge on any atom is 0.327 e. The van der Waals surface area contributed by atoms with Crippen LogP contribution in [0.2, 0.25) is 0 Å². The number of hydrogen-bond donors (Lipinski definition) is 1. The van der Waals surface area contributed by atoms with Crippen molar-refractivity contribution >= 4 is 42.1 Å². The molecule has 5 nitrogen and oxygen atoms in total. The van der Waals surface area contributed by atoms with Gasteiger partial charge in [-0.1, -0.05) is 60.7 Å². The first-order valence-corrected chi connectivity index (χ1v) is 11.4. The van der Waals surface area contributed by atoms with E-state index in [-0.39, 0.29) is 24.0 Å². The fraction of sp³-hybridized carbons (Fsp3) is 0.348. The molecule has 7 heteroatoms. The van der Waals surface area contributed by atoms with Gasteiger partial charge >= 0.3 is 6.03 Å². The minimum absolute atomic E-state index is 0.117. The Morgan fingerprint density at radius 3 is 1.93 bits per heavy atom. The van der Waals surface area contributed by atoms with Gasteiger partial charge in [0, 0.05) is 18.6 Å². The lowest BCUT2D eigenvalue weighted by Crippen LogP contribution is -2.42. The molecule has 1 heterocycles. The van der Waals surface area contributed by atoms with Gasteiger partial charge in [0.1, 0.15) is 5.54 Å². The molecule has 1 saturated heterocycles. The third-order valence-electron chi connectivity index (χ3n) is 4.86. The van der Waals surface area contributed by atoms with Gasteiger partial charge < -0.3 is 4.90 Å². The van der Waals surface area contributed by atoms with E-state index in [0.717, 1.165) is 22.0 Å². The van der Waals surface area contributed by atoms with Gasteiger partial charge in [-0.05, 0) is 25.0 Å². The van der Waals surface area contributed by atoms with Crippen LogP contribution in [0.15, 0.2) is 60.7 Å². The fourth-order valence-electron chi connectivity index (χ4n) is 2.78. The third-order valence-corrected chi connectivity index (χ3v) is 6.29. The number of ketones is 1. The maximum atomic E-state index is 12.2. The molecule has 0 N–H and O–H groups in total. The molecule has 0 bridgehead atoms. The van der Waals surface area contributed by atoms with Crippen LogP contribution in [-0.4, -0.2) is 52.4 Å². The molecule has 1 aliphatic rings. The number of hydrogen-bond acceptors (Lipinski definition) is 5. The lowest BCUT2D eigenvalue weighted by molar-refractivity contribution is -0.134. The van der Waals surface area contributed by atoms with Gasteiger partial charge in [0.25, 0.3) is 5.91 Å². The molecule has 160 valence electrons. The van der Waals surface area contributed by atoms with Crippen LogP contribution < -0.4 is 0 Å². The van der Waals surface area contributed by atoms with E-state index < -0.39 is 11.6 Å². The fourth-order valence-corrected chi connectivity index (χ4v) is 3.84. The summed E-state index contributed by atoms with van der Waals surface area (Å²) in [6.07, 6.45) is 0. The summed E-state index contributed by atoms with van der Waals surface area (Å²) < 4.78 is 0. The number of amides is 3. The number of benzene rings is 2. The van der Waals surface area contributed by atoms with E-state index in [2.05, 4.69) is 24.8 Å². The summed E-state index contributed by atoms with van der Waals surface area (Å²) in [6.45, 7) is 3.22. The van der Waals surface area contributed by atoms with Gasteiger partial charge in [-0.15, -0.1) is 11.8 Å². The Hall–Kier alpha value is -2.25. The predicted octanol–water partition coefficient (Wildman–Crippen LogP) is 4.28. The number of thioether (sulfide) groups is 1. The molecule has 0 spiro atoms. The Morgan fingerprint density at radius 2 is 1.50 bits per heavy atom. The van der Waals surface area contributed by atoms with E-state index in [1.165, 1.54) is 22.2 Å². The first-order valence-electron chi connectivity index (χ1n) is 9.65.